The van der Waals surface area contributed by atoms with E-state index in [9.17, 15) is 9.59 Å². The highest BCUT2D eigenvalue weighted by molar-refractivity contribution is 6.21. The van der Waals surface area contributed by atoms with E-state index in [1.165, 1.54) is 9.80 Å². The number of rotatable bonds is 3. The molecule has 112 valence electrons. The normalized spacial score (nSPS) is 18.0. The zero-order valence-corrected chi connectivity index (χ0v) is 12.4. The molecule has 5 heteroatoms. The molecule has 1 heterocycles. The SMILES string of the molecule is COc1cccc(N2C(=O)[C@@H](c3ccccc3)N(C)C2=O)c1. The van der Waals surface area contributed by atoms with E-state index in [1.807, 2.05) is 30.3 Å². The van der Waals surface area contributed by atoms with Crippen LogP contribution in [0.15, 0.2) is 54.6 Å². The summed E-state index contributed by atoms with van der Waals surface area (Å²) in [4.78, 5) is 27.9. The van der Waals surface area contributed by atoms with Crippen LogP contribution in [0.4, 0.5) is 10.5 Å². The van der Waals surface area contributed by atoms with Crippen molar-refractivity contribution in [3.63, 3.8) is 0 Å². The number of nitrogens with zero attached hydrogens (tertiary/aromatic N) is 2. The van der Waals surface area contributed by atoms with Crippen molar-refractivity contribution in [3.05, 3.63) is 60.2 Å². The summed E-state index contributed by atoms with van der Waals surface area (Å²) >= 11 is 0. The fourth-order valence-corrected chi connectivity index (χ4v) is 2.64. The molecule has 22 heavy (non-hydrogen) atoms. The number of carbonyl (C=O) groups is 2. The Bertz CT molecular complexity index is 715. The zero-order valence-electron chi connectivity index (χ0n) is 12.4. The average molecular weight is 296 g/mol. The number of anilines is 1. The Morgan fingerprint density at radius 3 is 2.41 bits per heavy atom. The van der Waals surface area contributed by atoms with Gasteiger partial charge in [-0.25, -0.2) is 9.69 Å². The molecule has 1 aliphatic rings. The molecule has 0 bridgehead atoms. The highest BCUT2D eigenvalue weighted by Crippen LogP contribution is 2.34. The number of carbonyl (C=O) groups excluding carboxylic acids is 2. The molecule has 1 aliphatic heterocycles. The van der Waals surface area contributed by atoms with Crippen LogP contribution in [0.25, 0.3) is 0 Å². The number of benzene rings is 2. The van der Waals surface area contributed by atoms with E-state index in [2.05, 4.69) is 0 Å². The zero-order chi connectivity index (χ0) is 15.7. The maximum Gasteiger partial charge on any atom is 0.332 e. The minimum atomic E-state index is -0.597. The van der Waals surface area contributed by atoms with Crippen molar-refractivity contribution in [1.82, 2.24) is 4.90 Å². The molecule has 5 nitrogen and oxygen atoms in total. The van der Waals surface area contributed by atoms with E-state index in [0.717, 1.165) is 5.56 Å². The minimum Gasteiger partial charge on any atom is -0.497 e. The Kier molecular flexibility index (Phi) is 3.55. The number of hydrogen-bond acceptors (Lipinski definition) is 3. The van der Waals surface area contributed by atoms with Gasteiger partial charge in [0.05, 0.1) is 12.8 Å². The molecule has 3 rings (SSSR count). The first kappa shape index (κ1) is 14.1. The molecule has 1 saturated heterocycles. The van der Waals surface area contributed by atoms with Crippen LogP contribution in [0.2, 0.25) is 0 Å². The van der Waals surface area contributed by atoms with Crippen LogP contribution in [-0.4, -0.2) is 31.0 Å². The Morgan fingerprint density at radius 1 is 1.00 bits per heavy atom. The third-order valence-corrected chi connectivity index (χ3v) is 3.76. The van der Waals surface area contributed by atoms with Gasteiger partial charge in [0.15, 0.2) is 0 Å². The van der Waals surface area contributed by atoms with E-state index in [4.69, 9.17) is 4.74 Å². The molecule has 2 aromatic carbocycles. The average Bonchev–Trinajstić information content (AvgIpc) is 2.78. The summed E-state index contributed by atoms with van der Waals surface area (Å²) in [5.41, 5.74) is 1.31. The van der Waals surface area contributed by atoms with Crippen molar-refractivity contribution in [2.24, 2.45) is 0 Å². The number of amides is 3. The van der Waals surface area contributed by atoms with Crippen LogP contribution in [-0.2, 0) is 4.79 Å². The molecule has 0 aliphatic carbocycles. The lowest BCUT2D eigenvalue weighted by molar-refractivity contribution is -0.119. The molecule has 0 spiro atoms. The number of urea groups is 1. The van der Waals surface area contributed by atoms with E-state index in [-0.39, 0.29) is 11.9 Å². The molecule has 1 atom stereocenters. The second-order valence-corrected chi connectivity index (χ2v) is 5.08. The maximum absolute atomic E-state index is 12.7. The summed E-state index contributed by atoms with van der Waals surface area (Å²) in [6.45, 7) is 0. The molecule has 0 aromatic heterocycles. The lowest BCUT2D eigenvalue weighted by Gasteiger charge is -2.15. The summed E-state index contributed by atoms with van der Waals surface area (Å²) in [7, 11) is 3.18. The van der Waals surface area contributed by atoms with E-state index in [0.29, 0.717) is 11.4 Å². The van der Waals surface area contributed by atoms with Gasteiger partial charge in [0.25, 0.3) is 5.91 Å². The van der Waals surface area contributed by atoms with Crippen LogP contribution in [0.3, 0.4) is 0 Å². The molecule has 0 unspecified atom stereocenters. The standard InChI is InChI=1S/C17H16N2O3/c1-18-15(12-7-4-3-5-8-12)16(20)19(17(18)21)13-9-6-10-14(11-13)22-2/h3-11,15H,1-2H3/t15-/m1/s1. The largest absolute Gasteiger partial charge is 0.497 e. The van der Waals surface area contributed by atoms with Crippen molar-refractivity contribution < 1.29 is 14.3 Å². The summed E-state index contributed by atoms with van der Waals surface area (Å²) in [6.07, 6.45) is 0. The number of ether oxygens (including phenoxy) is 1. The number of likely N-dealkylation sites (N-methyl/N-ethyl adjacent to an activating group) is 1. The van der Waals surface area contributed by atoms with Crippen LogP contribution in [0, 0.1) is 0 Å². The summed E-state index contributed by atoms with van der Waals surface area (Å²) in [5.74, 6) is 0.343. The van der Waals surface area contributed by atoms with Gasteiger partial charge in [-0.2, -0.15) is 0 Å². The molecule has 0 N–H and O–H groups in total. The van der Waals surface area contributed by atoms with Crippen LogP contribution >= 0.6 is 0 Å². The maximum atomic E-state index is 12.7. The molecule has 1 fully saturated rings. The molecule has 0 saturated carbocycles. The van der Waals surface area contributed by atoms with E-state index >= 15 is 0 Å². The number of methoxy groups -OCH3 is 1. The van der Waals surface area contributed by atoms with Gasteiger partial charge in [0.1, 0.15) is 11.8 Å². The predicted octanol–water partition coefficient (Wildman–Crippen LogP) is 2.83. The van der Waals surface area contributed by atoms with Crippen molar-refractivity contribution in [2.75, 3.05) is 19.1 Å². The lowest BCUT2D eigenvalue weighted by Crippen LogP contribution is -2.31. The van der Waals surface area contributed by atoms with Gasteiger partial charge in [-0.3, -0.25) is 4.79 Å². The topological polar surface area (TPSA) is 49.9 Å². The summed E-state index contributed by atoms with van der Waals surface area (Å²) in [5, 5.41) is 0. The number of hydrogen-bond donors (Lipinski definition) is 0. The monoisotopic (exact) mass is 296 g/mol. The first-order valence-corrected chi connectivity index (χ1v) is 6.93. The highest BCUT2D eigenvalue weighted by Gasteiger charge is 2.44. The van der Waals surface area contributed by atoms with Gasteiger partial charge in [0.2, 0.25) is 0 Å². The van der Waals surface area contributed by atoms with Crippen LogP contribution < -0.4 is 9.64 Å². The van der Waals surface area contributed by atoms with Crippen molar-refractivity contribution in [2.45, 2.75) is 6.04 Å². The van der Waals surface area contributed by atoms with Crippen molar-refractivity contribution in [1.29, 1.82) is 0 Å². The summed E-state index contributed by atoms with van der Waals surface area (Å²) in [6, 6.07) is 15.3. The van der Waals surface area contributed by atoms with Gasteiger partial charge in [-0.05, 0) is 17.7 Å². The Morgan fingerprint density at radius 2 is 1.73 bits per heavy atom. The van der Waals surface area contributed by atoms with Crippen molar-refractivity contribution in [3.8, 4) is 5.75 Å². The second-order valence-electron chi connectivity index (χ2n) is 5.08. The Hall–Kier alpha value is -2.82. The van der Waals surface area contributed by atoms with E-state index < -0.39 is 6.04 Å². The lowest BCUT2D eigenvalue weighted by atomic mass is 10.1. The fourth-order valence-electron chi connectivity index (χ4n) is 2.64. The molecule has 3 amide bonds. The molecular weight excluding hydrogens is 280 g/mol. The first-order valence-electron chi connectivity index (χ1n) is 6.93. The highest BCUT2D eigenvalue weighted by atomic mass is 16.5. The van der Waals surface area contributed by atoms with Gasteiger partial charge in [-0.15, -0.1) is 0 Å². The molecule has 0 radical (unpaired) electrons. The van der Waals surface area contributed by atoms with E-state index in [1.54, 1.807) is 38.4 Å². The first-order chi connectivity index (χ1) is 10.6. The Labute approximate surface area is 128 Å². The van der Waals surface area contributed by atoms with Crippen LogP contribution in [0.1, 0.15) is 11.6 Å². The molecular formula is C17H16N2O3. The predicted molar refractivity (Wildman–Crippen MR) is 82.8 cm³/mol. The van der Waals surface area contributed by atoms with Gasteiger partial charge in [0, 0.05) is 13.1 Å². The fraction of sp³-hybridized carbons (Fsp3) is 0.176. The minimum absolute atomic E-state index is 0.257. The quantitative estimate of drug-likeness (QED) is 0.818. The van der Waals surface area contributed by atoms with Gasteiger partial charge < -0.3 is 9.64 Å². The number of imide groups is 1. The van der Waals surface area contributed by atoms with Gasteiger partial charge >= 0.3 is 6.03 Å². The second kappa shape index (κ2) is 5.52. The third-order valence-electron chi connectivity index (χ3n) is 3.76. The third kappa shape index (κ3) is 2.20. The van der Waals surface area contributed by atoms with Crippen molar-refractivity contribution >= 4 is 17.6 Å². The summed E-state index contributed by atoms with van der Waals surface area (Å²) < 4.78 is 5.16. The Balaban J connectivity index is 2.00. The smallest absolute Gasteiger partial charge is 0.332 e. The molecule has 2 aromatic rings. The van der Waals surface area contributed by atoms with Crippen LogP contribution in [0.5, 0.6) is 5.75 Å². The van der Waals surface area contributed by atoms with Gasteiger partial charge in [-0.1, -0.05) is 36.4 Å².